The highest BCUT2D eigenvalue weighted by Gasteiger charge is 2.49. The van der Waals surface area contributed by atoms with Crippen molar-refractivity contribution in [2.24, 2.45) is 0 Å². The van der Waals surface area contributed by atoms with E-state index in [1.165, 1.54) is 24.3 Å². The van der Waals surface area contributed by atoms with Crippen molar-refractivity contribution in [3.8, 4) is 0 Å². The fourth-order valence-corrected chi connectivity index (χ4v) is 1.27. The Bertz CT molecular complexity index is 401. The standard InChI is InChI=1S/C10H10O6/c11-7(8(12)13)10(16,9(14)15)6-4-2-1-3-5-6/h1-5,7,11,16H,(H,12,13)(H,14,15)/t7-,10-/m1/s1. The number of aliphatic carboxylic acids is 2. The average molecular weight is 226 g/mol. The van der Waals surface area contributed by atoms with Gasteiger partial charge in [-0.3, -0.25) is 0 Å². The van der Waals surface area contributed by atoms with Gasteiger partial charge in [0.05, 0.1) is 0 Å². The molecule has 0 unspecified atom stereocenters. The normalized spacial score (nSPS) is 16.1. The summed E-state index contributed by atoms with van der Waals surface area (Å²) < 4.78 is 0. The van der Waals surface area contributed by atoms with Crippen molar-refractivity contribution in [3.63, 3.8) is 0 Å². The molecular formula is C10H10O6. The molecule has 0 spiro atoms. The summed E-state index contributed by atoms with van der Waals surface area (Å²) in [6.07, 6.45) is -2.44. The molecule has 6 heteroatoms. The van der Waals surface area contributed by atoms with Crippen molar-refractivity contribution in [1.29, 1.82) is 0 Å². The first-order valence-electron chi connectivity index (χ1n) is 4.33. The van der Waals surface area contributed by atoms with E-state index in [0.29, 0.717) is 0 Å². The van der Waals surface area contributed by atoms with E-state index in [2.05, 4.69) is 0 Å². The predicted octanol–water partition coefficient (Wildman–Crippen LogP) is -0.596. The molecule has 0 saturated carbocycles. The number of rotatable bonds is 4. The summed E-state index contributed by atoms with van der Waals surface area (Å²) >= 11 is 0. The van der Waals surface area contributed by atoms with Gasteiger partial charge in [-0.2, -0.15) is 0 Å². The largest absolute Gasteiger partial charge is 0.479 e. The third kappa shape index (κ3) is 1.88. The van der Waals surface area contributed by atoms with E-state index in [1.807, 2.05) is 0 Å². The highest BCUT2D eigenvalue weighted by Crippen LogP contribution is 2.25. The van der Waals surface area contributed by atoms with Crippen LogP contribution in [0.5, 0.6) is 0 Å². The smallest absolute Gasteiger partial charge is 0.343 e. The van der Waals surface area contributed by atoms with E-state index in [-0.39, 0.29) is 5.56 Å². The van der Waals surface area contributed by atoms with Crippen LogP contribution in [0.15, 0.2) is 30.3 Å². The number of hydrogen-bond donors (Lipinski definition) is 4. The third-order valence-corrected chi connectivity index (χ3v) is 2.17. The fourth-order valence-electron chi connectivity index (χ4n) is 1.27. The minimum absolute atomic E-state index is 0.197. The van der Waals surface area contributed by atoms with Crippen molar-refractivity contribution in [1.82, 2.24) is 0 Å². The van der Waals surface area contributed by atoms with Crippen LogP contribution in [0.2, 0.25) is 0 Å². The van der Waals surface area contributed by atoms with Gasteiger partial charge in [0.15, 0.2) is 6.10 Å². The maximum atomic E-state index is 10.9. The van der Waals surface area contributed by atoms with Gasteiger partial charge in [-0.15, -0.1) is 0 Å². The van der Waals surface area contributed by atoms with Crippen LogP contribution in [0.4, 0.5) is 0 Å². The molecule has 0 radical (unpaired) electrons. The third-order valence-electron chi connectivity index (χ3n) is 2.17. The van der Waals surface area contributed by atoms with E-state index in [4.69, 9.17) is 10.2 Å². The quantitative estimate of drug-likeness (QED) is 0.545. The van der Waals surface area contributed by atoms with Crippen LogP contribution < -0.4 is 0 Å². The molecule has 6 nitrogen and oxygen atoms in total. The lowest BCUT2D eigenvalue weighted by molar-refractivity contribution is -0.185. The van der Waals surface area contributed by atoms with E-state index >= 15 is 0 Å². The summed E-state index contributed by atoms with van der Waals surface area (Å²) in [4.78, 5) is 21.4. The summed E-state index contributed by atoms with van der Waals surface area (Å²) in [7, 11) is 0. The van der Waals surface area contributed by atoms with Gasteiger partial charge in [0.25, 0.3) is 0 Å². The zero-order valence-electron chi connectivity index (χ0n) is 8.07. The van der Waals surface area contributed by atoms with Gasteiger partial charge in [-0.1, -0.05) is 30.3 Å². The first-order chi connectivity index (χ1) is 7.40. The first-order valence-corrected chi connectivity index (χ1v) is 4.33. The van der Waals surface area contributed by atoms with Crippen molar-refractivity contribution >= 4 is 11.9 Å². The van der Waals surface area contributed by atoms with Gasteiger partial charge < -0.3 is 20.4 Å². The second-order valence-electron chi connectivity index (χ2n) is 3.18. The molecule has 0 aliphatic carbocycles. The number of carbonyl (C=O) groups is 2. The van der Waals surface area contributed by atoms with Gasteiger partial charge in [0.1, 0.15) is 0 Å². The summed E-state index contributed by atoms with van der Waals surface area (Å²) in [5.41, 5.74) is -3.05. The zero-order valence-corrected chi connectivity index (χ0v) is 8.07. The Morgan fingerprint density at radius 3 is 2.00 bits per heavy atom. The molecule has 0 aliphatic heterocycles. The van der Waals surface area contributed by atoms with E-state index in [1.54, 1.807) is 6.07 Å². The van der Waals surface area contributed by atoms with Crippen LogP contribution in [0.1, 0.15) is 5.56 Å². The summed E-state index contributed by atoms with van der Waals surface area (Å²) in [5.74, 6) is -3.64. The minimum Gasteiger partial charge on any atom is -0.479 e. The molecule has 1 rings (SSSR count). The van der Waals surface area contributed by atoms with Crippen LogP contribution in [-0.2, 0) is 15.2 Å². The first kappa shape index (κ1) is 12.2. The van der Waals surface area contributed by atoms with Crippen LogP contribution in [0, 0.1) is 0 Å². The van der Waals surface area contributed by atoms with E-state index < -0.39 is 23.6 Å². The molecule has 86 valence electrons. The Morgan fingerprint density at radius 2 is 1.62 bits per heavy atom. The molecule has 0 amide bonds. The lowest BCUT2D eigenvalue weighted by Gasteiger charge is -2.26. The molecule has 2 atom stereocenters. The Labute approximate surface area is 90.4 Å². The Kier molecular flexibility index (Phi) is 3.26. The number of aliphatic hydroxyl groups is 2. The highest BCUT2D eigenvalue weighted by atomic mass is 16.4. The van der Waals surface area contributed by atoms with Crippen LogP contribution >= 0.6 is 0 Å². The second kappa shape index (κ2) is 4.30. The predicted molar refractivity (Wildman–Crippen MR) is 51.6 cm³/mol. The minimum atomic E-state index is -2.85. The highest BCUT2D eigenvalue weighted by molar-refractivity contribution is 5.88. The van der Waals surface area contributed by atoms with Crippen molar-refractivity contribution in [2.75, 3.05) is 0 Å². The number of hydrogen-bond acceptors (Lipinski definition) is 4. The monoisotopic (exact) mass is 226 g/mol. The molecule has 1 aromatic carbocycles. The van der Waals surface area contributed by atoms with Crippen LogP contribution in [0.3, 0.4) is 0 Å². The molecule has 0 heterocycles. The zero-order chi connectivity index (χ0) is 12.3. The van der Waals surface area contributed by atoms with Gasteiger partial charge in [0.2, 0.25) is 5.60 Å². The van der Waals surface area contributed by atoms with Crippen molar-refractivity contribution in [2.45, 2.75) is 11.7 Å². The molecule has 0 saturated heterocycles. The van der Waals surface area contributed by atoms with Gasteiger partial charge in [0, 0.05) is 0 Å². The fraction of sp³-hybridized carbons (Fsp3) is 0.200. The lowest BCUT2D eigenvalue weighted by atomic mass is 9.88. The van der Waals surface area contributed by atoms with Gasteiger partial charge in [-0.25, -0.2) is 9.59 Å². The Morgan fingerprint density at radius 1 is 1.12 bits per heavy atom. The van der Waals surface area contributed by atoms with E-state index in [0.717, 1.165) is 0 Å². The number of carboxylic acid groups (broad SMARTS) is 2. The SMILES string of the molecule is O=C(O)[C@@H](O)[C@@](O)(C(=O)O)c1ccccc1. The molecular weight excluding hydrogens is 216 g/mol. The van der Waals surface area contributed by atoms with Crippen molar-refractivity contribution in [3.05, 3.63) is 35.9 Å². The Hall–Kier alpha value is -1.92. The van der Waals surface area contributed by atoms with Crippen LogP contribution in [0.25, 0.3) is 0 Å². The average Bonchev–Trinajstić information content (AvgIpc) is 2.27. The van der Waals surface area contributed by atoms with Gasteiger partial charge in [-0.05, 0) is 5.56 Å². The lowest BCUT2D eigenvalue weighted by Crippen LogP contribution is -2.50. The summed E-state index contributed by atoms with van der Waals surface area (Å²) in [6, 6.07) is 6.87. The van der Waals surface area contributed by atoms with E-state index in [9.17, 15) is 19.8 Å². The molecule has 1 aromatic rings. The van der Waals surface area contributed by atoms with Crippen LogP contribution in [-0.4, -0.2) is 38.5 Å². The molecule has 16 heavy (non-hydrogen) atoms. The molecule has 0 fully saturated rings. The molecule has 0 aliphatic rings. The van der Waals surface area contributed by atoms with Gasteiger partial charge >= 0.3 is 11.9 Å². The number of aliphatic hydroxyl groups excluding tert-OH is 1. The molecule has 4 N–H and O–H groups in total. The summed E-state index contributed by atoms with van der Waals surface area (Å²) in [6.45, 7) is 0. The Balaban J connectivity index is 3.28. The van der Waals surface area contributed by atoms with Crippen molar-refractivity contribution < 1.29 is 30.0 Å². The topological polar surface area (TPSA) is 115 Å². The second-order valence-corrected chi connectivity index (χ2v) is 3.18. The number of carboxylic acids is 2. The molecule has 0 bridgehead atoms. The maximum Gasteiger partial charge on any atom is 0.343 e. The maximum absolute atomic E-state index is 10.9. The summed E-state index contributed by atoms with van der Waals surface area (Å²) in [5, 5.41) is 36.4. The number of benzene rings is 1. The molecule has 0 aromatic heterocycles.